The van der Waals surface area contributed by atoms with Gasteiger partial charge < -0.3 is 4.98 Å². The van der Waals surface area contributed by atoms with Crippen LogP contribution in [0.2, 0.25) is 10.4 Å². The van der Waals surface area contributed by atoms with Crippen LogP contribution < -0.4 is 0 Å². The fourth-order valence-electron chi connectivity index (χ4n) is 0.937. The summed E-state index contributed by atoms with van der Waals surface area (Å²) in [6, 6.07) is 0. The molecule has 13 heavy (non-hydrogen) atoms. The molecule has 0 fully saturated rings. The number of hydrogen-bond acceptors (Lipinski definition) is 3. The molecule has 0 atom stereocenters. The first kappa shape index (κ1) is 9.42. The molecule has 0 spiro atoms. The van der Waals surface area contributed by atoms with E-state index < -0.39 is 0 Å². The van der Waals surface area contributed by atoms with Gasteiger partial charge in [0.1, 0.15) is 11.3 Å². The standard InChI is InChI=1S/C6H3Cl2IN4/c7-4-3-5(13-6(8)12-3)11-2(1-9)10-4/h1H2,(H,10,11,12,13). The van der Waals surface area contributed by atoms with Gasteiger partial charge in [-0.1, -0.05) is 34.2 Å². The minimum Gasteiger partial charge on any atom is -0.325 e. The van der Waals surface area contributed by atoms with E-state index in [0.717, 1.165) is 0 Å². The highest BCUT2D eigenvalue weighted by atomic mass is 127. The zero-order chi connectivity index (χ0) is 9.42. The lowest BCUT2D eigenvalue weighted by atomic mass is 10.5. The summed E-state index contributed by atoms with van der Waals surface area (Å²) in [6.45, 7) is 0. The van der Waals surface area contributed by atoms with E-state index in [4.69, 9.17) is 23.2 Å². The maximum Gasteiger partial charge on any atom is 0.202 e. The Bertz CT molecular complexity index is 455. The van der Waals surface area contributed by atoms with Crippen molar-refractivity contribution in [2.45, 2.75) is 4.43 Å². The number of nitrogens with one attached hydrogen (secondary N) is 1. The van der Waals surface area contributed by atoms with Gasteiger partial charge in [-0.15, -0.1) is 0 Å². The van der Waals surface area contributed by atoms with Gasteiger partial charge in [-0.25, -0.2) is 9.97 Å². The van der Waals surface area contributed by atoms with Gasteiger partial charge in [-0.2, -0.15) is 4.98 Å². The lowest BCUT2D eigenvalue weighted by Gasteiger charge is -1.94. The molecule has 0 amide bonds. The van der Waals surface area contributed by atoms with Crippen molar-refractivity contribution in [3.63, 3.8) is 0 Å². The smallest absolute Gasteiger partial charge is 0.202 e. The van der Waals surface area contributed by atoms with Crippen LogP contribution in [0.15, 0.2) is 0 Å². The normalized spacial score (nSPS) is 11.0. The second-order valence-corrected chi connectivity index (χ2v) is 3.77. The number of imidazole rings is 1. The molecule has 4 nitrogen and oxygen atoms in total. The minimum atomic E-state index is 0.275. The van der Waals surface area contributed by atoms with Crippen molar-refractivity contribution in [3.05, 3.63) is 16.3 Å². The van der Waals surface area contributed by atoms with Crippen LogP contribution in [0.5, 0.6) is 0 Å². The Kier molecular flexibility index (Phi) is 2.57. The summed E-state index contributed by atoms with van der Waals surface area (Å²) in [5, 5.41) is 0.632. The number of aromatic amines is 1. The number of fused-ring (bicyclic) bond motifs is 1. The summed E-state index contributed by atoms with van der Waals surface area (Å²) in [4.78, 5) is 14.9. The topological polar surface area (TPSA) is 54.5 Å². The van der Waals surface area contributed by atoms with E-state index in [-0.39, 0.29) is 5.28 Å². The highest BCUT2D eigenvalue weighted by Gasteiger charge is 2.09. The molecule has 0 aliphatic rings. The van der Waals surface area contributed by atoms with Crippen molar-refractivity contribution >= 4 is 57.0 Å². The molecule has 68 valence electrons. The molecule has 0 aliphatic heterocycles. The third-order valence-electron chi connectivity index (χ3n) is 1.44. The summed E-state index contributed by atoms with van der Waals surface area (Å²) in [6.07, 6.45) is 0. The van der Waals surface area contributed by atoms with E-state index in [0.29, 0.717) is 26.6 Å². The van der Waals surface area contributed by atoms with Crippen molar-refractivity contribution < 1.29 is 0 Å². The third kappa shape index (κ3) is 1.72. The first-order valence-electron chi connectivity index (χ1n) is 3.34. The molecule has 2 heterocycles. The van der Waals surface area contributed by atoms with E-state index in [1.807, 2.05) is 0 Å². The molecule has 0 radical (unpaired) electrons. The van der Waals surface area contributed by atoms with Crippen LogP contribution >= 0.6 is 45.8 Å². The summed E-state index contributed by atoms with van der Waals surface area (Å²) >= 11 is 13.7. The predicted molar refractivity (Wildman–Crippen MR) is 59.4 cm³/mol. The first-order chi connectivity index (χ1) is 6.20. The van der Waals surface area contributed by atoms with Gasteiger partial charge in [0.2, 0.25) is 5.28 Å². The van der Waals surface area contributed by atoms with Crippen LogP contribution in [0.3, 0.4) is 0 Å². The Balaban J connectivity index is 2.75. The average molecular weight is 329 g/mol. The number of H-pyrrole nitrogens is 1. The molecule has 0 saturated heterocycles. The van der Waals surface area contributed by atoms with Crippen molar-refractivity contribution in [2.75, 3.05) is 0 Å². The Morgan fingerprint density at radius 3 is 2.69 bits per heavy atom. The van der Waals surface area contributed by atoms with Gasteiger partial charge in [-0.3, -0.25) is 0 Å². The number of aromatic nitrogens is 4. The lowest BCUT2D eigenvalue weighted by Crippen LogP contribution is -1.92. The summed E-state index contributed by atoms with van der Waals surface area (Å²) in [5.74, 6) is 0.654. The zero-order valence-electron chi connectivity index (χ0n) is 6.18. The fourth-order valence-corrected chi connectivity index (χ4v) is 1.68. The lowest BCUT2D eigenvalue weighted by molar-refractivity contribution is 1.07. The molecule has 0 aliphatic carbocycles. The van der Waals surface area contributed by atoms with Crippen LogP contribution in [-0.2, 0) is 4.43 Å². The number of rotatable bonds is 1. The summed E-state index contributed by atoms with van der Waals surface area (Å²) in [5.41, 5.74) is 1.09. The van der Waals surface area contributed by atoms with Crippen molar-refractivity contribution in [2.24, 2.45) is 0 Å². The highest BCUT2D eigenvalue weighted by Crippen LogP contribution is 2.20. The van der Waals surface area contributed by atoms with Gasteiger partial charge in [-0.05, 0) is 11.6 Å². The van der Waals surface area contributed by atoms with Crippen molar-refractivity contribution in [3.8, 4) is 0 Å². The average Bonchev–Trinajstić information content (AvgIpc) is 2.46. The van der Waals surface area contributed by atoms with Gasteiger partial charge in [0.15, 0.2) is 10.8 Å². The molecule has 2 rings (SSSR count). The summed E-state index contributed by atoms with van der Waals surface area (Å²) in [7, 11) is 0. The van der Waals surface area contributed by atoms with Crippen molar-refractivity contribution in [1.82, 2.24) is 19.9 Å². The maximum atomic E-state index is 5.87. The van der Waals surface area contributed by atoms with Crippen LogP contribution in [0, 0.1) is 0 Å². The zero-order valence-corrected chi connectivity index (χ0v) is 9.85. The Hall–Kier alpha value is -0.140. The van der Waals surface area contributed by atoms with E-state index in [2.05, 4.69) is 42.5 Å². The SMILES string of the molecule is Clc1nc2nc(CI)nc(Cl)c2[nH]1. The van der Waals surface area contributed by atoms with Crippen LogP contribution in [0.4, 0.5) is 0 Å². The molecule has 7 heteroatoms. The number of hydrogen-bond donors (Lipinski definition) is 1. The van der Waals surface area contributed by atoms with Gasteiger partial charge in [0.25, 0.3) is 0 Å². The van der Waals surface area contributed by atoms with Gasteiger partial charge in [0.05, 0.1) is 4.43 Å². The van der Waals surface area contributed by atoms with Gasteiger partial charge >= 0.3 is 0 Å². The molecular weight excluding hydrogens is 326 g/mol. The molecule has 0 unspecified atom stereocenters. The second kappa shape index (κ2) is 3.55. The Morgan fingerprint density at radius 1 is 1.23 bits per heavy atom. The van der Waals surface area contributed by atoms with Crippen LogP contribution in [0.25, 0.3) is 11.2 Å². The highest BCUT2D eigenvalue weighted by molar-refractivity contribution is 14.1. The summed E-state index contributed by atoms with van der Waals surface area (Å²) < 4.78 is 0.692. The van der Waals surface area contributed by atoms with Crippen LogP contribution in [0.1, 0.15) is 5.82 Å². The van der Waals surface area contributed by atoms with E-state index in [1.165, 1.54) is 0 Å². The quantitative estimate of drug-likeness (QED) is 0.379. The predicted octanol–water partition coefficient (Wildman–Crippen LogP) is 2.59. The van der Waals surface area contributed by atoms with Crippen LogP contribution in [-0.4, -0.2) is 19.9 Å². The van der Waals surface area contributed by atoms with Crippen molar-refractivity contribution in [1.29, 1.82) is 0 Å². The number of nitrogens with zero attached hydrogens (tertiary/aromatic N) is 3. The molecule has 0 saturated carbocycles. The number of halogens is 3. The number of alkyl halides is 1. The molecule has 1 N–H and O–H groups in total. The van der Waals surface area contributed by atoms with E-state index in [1.54, 1.807) is 0 Å². The molecule has 2 aromatic heterocycles. The maximum absolute atomic E-state index is 5.87. The minimum absolute atomic E-state index is 0.275. The van der Waals surface area contributed by atoms with E-state index >= 15 is 0 Å². The largest absolute Gasteiger partial charge is 0.325 e. The Labute approximate surface area is 97.2 Å². The van der Waals surface area contributed by atoms with Gasteiger partial charge in [0, 0.05) is 0 Å². The first-order valence-corrected chi connectivity index (χ1v) is 5.62. The fraction of sp³-hybridized carbons (Fsp3) is 0.167. The second-order valence-electron chi connectivity index (χ2n) is 2.29. The Morgan fingerprint density at radius 2 is 2.00 bits per heavy atom. The van der Waals surface area contributed by atoms with E-state index in [9.17, 15) is 0 Å². The monoisotopic (exact) mass is 328 g/mol. The molecule has 2 aromatic rings. The third-order valence-corrected chi connectivity index (χ3v) is 2.58. The molecule has 0 bridgehead atoms. The molecule has 0 aromatic carbocycles. The molecular formula is C6H3Cl2IN4.